The van der Waals surface area contributed by atoms with Crippen LogP contribution >= 0.6 is 0 Å². The number of ether oxygens (including phenoxy) is 2. The predicted molar refractivity (Wildman–Crippen MR) is 123 cm³/mol. The number of hydrogen-bond acceptors (Lipinski definition) is 4. The summed E-state index contributed by atoms with van der Waals surface area (Å²) in [6, 6.07) is 0. The largest absolute Gasteiger partial charge is 0.465 e. The van der Waals surface area contributed by atoms with E-state index in [0.29, 0.717) is 25.0 Å². The number of hydrogen-bond donors (Lipinski definition) is 0. The summed E-state index contributed by atoms with van der Waals surface area (Å²) in [6.07, 6.45) is 6.97. The summed E-state index contributed by atoms with van der Waals surface area (Å²) in [5, 5.41) is 0. The zero-order valence-electron chi connectivity index (χ0n) is 21.0. The van der Waals surface area contributed by atoms with Gasteiger partial charge in [0.05, 0.1) is 25.0 Å². The molecule has 4 heteroatoms. The molecule has 0 amide bonds. The van der Waals surface area contributed by atoms with E-state index in [1.807, 2.05) is 0 Å². The maximum absolute atomic E-state index is 12.4. The summed E-state index contributed by atoms with van der Waals surface area (Å²) >= 11 is 0. The molecule has 0 radical (unpaired) electrons. The minimum Gasteiger partial charge on any atom is -0.465 e. The Hall–Kier alpha value is -1.06. The third-order valence-electron chi connectivity index (χ3n) is 6.36. The molecule has 0 aliphatic heterocycles. The van der Waals surface area contributed by atoms with E-state index in [9.17, 15) is 9.59 Å². The van der Waals surface area contributed by atoms with Crippen LogP contribution in [0.15, 0.2) is 0 Å². The van der Waals surface area contributed by atoms with E-state index < -0.39 is 0 Å². The van der Waals surface area contributed by atoms with E-state index in [2.05, 4.69) is 55.4 Å². The molecule has 176 valence electrons. The molecule has 0 aromatic heterocycles. The van der Waals surface area contributed by atoms with Crippen LogP contribution in [0.1, 0.15) is 107 Å². The fraction of sp³-hybridized carbons (Fsp3) is 0.923. The molecule has 0 aromatic rings. The molecule has 0 aromatic carbocycles. The predicted octanol–water partition coefficient (Wildman–Crippen LogP) is 6.80. The highest BCUT2D eigenvalue weighted by Crippen LogP contribution is 2.33. The minimum atomic E-state index is -0.0856. The van der Waals surface area contributed by atoms with E-state index in [1.165, 1.54) is 0 Å². The average molecular weight is 425 g/mol. The van der Waals surface area contributed by atoms with E-state index >= 15 is 0 Å². The molecule has 0 atom stereocenters. The smallest absolute Gasteiger partial charge is 0.308 e. The second-order valence-electron chi connectivity index (χ2n) is 11.9. The Kier molecular flexibility index (Phi) is 10.9. The van der Waals surface area contributed by atoms with Gasteiger partial charge in [0.15, 0.2) is 0 Å². The van der Waals surface area contributed by atoms with Gasteiger partial charge < -0.3 is 9.47 Å². The highest BCUT2D eigenvalue weighted by Gasteiger charge is 2.32. The third kappa shape index (κ3) is 10.8. The van der Waals surface area contributed by atoms with Gasteiger partial charge in [0.2, 0.25) is 0 Å². The van der Waals surface area contributed by atoms with Gasteiger partial charge in [-0.05, 0) is 74.0 Å². The van der Waals surface area contributed by atoms with Gasteiger partial charge in [-0.15, -0.1) is 0 Å². The van der Waals surface area contributed by atoms with Gasteiger partial charge in [0.25, 0.3) is 0 Å². The lowest BCUT2D eigenvalue weighted by molar-refractivity contribution is -0.156. The van der Waals surface area contributed by atoms with Crippen LogP contribution in [0.5, 0.6) is 0 Å². The molecule has 30 heavy (non-hydrogen) atoms. The molecule has 1 rings (SSSR count). The fourth-order valence-corrected chi connectivity index (χ4v) is 5.07. The van der Waals surface area contributed by atoms with Gasteiger partial charge in [-0.25, -0.2) is 0 Å². The van der Waals surface area contributed by atoms with Crippen molar-refractivity contribution in [2.45, 2.75) is 107 Å². The quantitative estimate of drug-likeness (QED) is 0.323. The Morgan fingerprint density at radius 2 is 1.00 bits per heavy atom. The summed E-state index contributed by atoms with van der Waals surface area (Å²) in [7, 11) is 0. The van der Waals surface area contributed by atoms with Crippen LogP contribution < -0.4 is 0 Å². The Balaban J connectivity index is 2.28. The maximum Gasteiger partial charge on any atom is 0.308 e. The van der Waals surface area contributed by atoms with E-state index in [0.717, 1.165) is 51.4 Å². The van der Waals surface area contributed by atoms with Gasteiger partial charge in [-0.1, -0.05) is 55.4 Å². The van der Waals surface area contributed by atoms with Gasteiger partial charge in [-0.2, -0.15) is 0 Å². The van der Waals surface area contributed by atoms with Crippen LogP contribution in [0.4, 0.5) is 0 Å². The number of rotatable bonds is 12. The summed E-state index contributed by atoms with van der Waals surface area (Å²) in [6.45, 7) is 18.8. The van der Waals surface area contributed by atoms with Gasteiger partial charge in [0, 0.05) is 0 Å². The molecule has 4 nitrogen and oxygen atoms in total. The van der Waals surface area contributed by atoms with Crippen molar-refractivity contribution in [2.24, 2.45) is 34.5 Å². The van der Waals surface area contributed by atoms with Gasteiger partial charge >= 0.3 is 11.9 Å². The molecule has 1 saturated carbocycles. The van der Waals surface area contributed by atoms with Crippen molar-refractivity contribution in [1.29, 1.82) is 0 Å². The standard InChI is InChI=1S/C26H48O4/c1-19(2)17-25(5,6)13-15-29-23(27)21-9-11-22(12-10-21)24(28)30-16-14-26(7,8)18-20(3)4/h19-22H,9-18H2,1-8H3. The number of carbonyl (C=O) groups excluding carboxylic acids is 2. The number of carbonyl (C=O) groups is 2. The summed E-state index contributed by atoms with van der Waals surface area (Å²) in [5.74, 6) is 0.994. The highest BCUT2D eigenvalue weighted by atomic mass is 16.5. The van der Waals surface area contributed by atoms with Gasteiger partial charge in [0.1, 0.15) is 0 Å². The summed E-state index contributed by atoms with van der Waals surface area (Å²) < 4.78 is 11.1. The van der Waals surface area contributed by atoms with E-state index in [4.69, 9.17) is 9.47 Å². The minimum absolute atomic E-state index is 0.0627. The second kappa shape index (κ2) is 12.1. The normalized spacial score (nSPS) is 20.5. The van der Waals surface area contributed by atoms with Crippen LogP contribution in [-0.4, -0.2) is 25.2 Å². The molecular formula is C26H48O4. The lowest BCUT2D eigenvalue weighted by atomic mass is 9.81. The van der Waals surface area contributed by atoms with Crippen molar-refractivity contribution in [3.8, 4) is 0 Å². The molecule has 1 aliphatic carbocycles. The lowest BCUT2D eigenvalue weighted by Crippen LogP contribution is -2.29. The molecule has 0 unspecified atom stereocenters. The van der Waals surface area contributed by atoms with Crippen molar-refractivity contribution in [2.75, 3.05) is 13.2 Å². The molecule has 0 spiro atoms. The fourth-order valence-electron chi connectivity index (χ4n) is 5.07. The topological polar surface area (TPSA) is 52.6 Å². The molecule has 1 fully saturated rings. The first-order valence-corrected chi connectivity index (χ1v) is 12.1. The Labute approximate surface area is 185 Å². The van der Waals surface area contributed by atoms with Crippen molar-refractivity contribution in [3.63, 3.8) is 0 Å². The van der Waals surface area contributed by atoms with Crippen molar-refractivity contribution in [3.05, 3.63) is 0 Å². The molecule has 0 bridgehead atoms. The first-order chi connectivity index (χ1) is 13.8. The van der Waals surface area contributed by atoms with Crippen molar-refractivity contribution in [1.82, 2.24) is 0 Å². The second-order valence-corrected chi connectivity index (χ2v) is 11.9. The molecular weight excluding hydrogens is 376 g/mol. The van der Waals surface area contributed by atoms with Crippen LogP contribution in [0.3, 0.4) is 0 Å². The van der Waals surface area contributed by atoms with E-state index in [1.54, 1.807) is 0 Å². The third-order valence-corrected chi connectivity index (χ3v) is 6.36. The van der Waals surface area contributed by atoms with Crippen LogP contribution in [0.2, 0.25) is 0 Å². The Morgan fingerprint density at radius 1 is 0.700 bits per heavy atom. The van der Waals surface area contributed by atoms with Crippen molar-refractivity contribution >= 4 is 11.9 Å². The molecule has 0 N–H and O–H groups in total. The number of esters is 2. The highest BCUT2D eigenvalue weighted by molar-refractivity contribution is 5.75. The lowest BCUT2D eigenvalue weighted by Gasteiger charge is -2.29. The van der Waals surface area contributed by atoms with E-state index in [-0.39, 0.29) is 34.6 Å². The maximum atomic E-state index is 12.4. The van der Waals surface area contributed by atoms with Crippen LogP contribution in [-0.2, 0) is 19.1 Å². The van der Waals surface area contributed by atoms with Crippen LogP contribution in [0.25, 0.3) is 0 Å². The van der Waals surface area contributed by atoms with Crippen LogP contribution in [0, 0.1) is 34.5 Å². The zero-order chi connectivity index (χ0) is 22.9. The van der Waals surface area contributed by atoms with Crippen molar-refractivity contribution < 1.29 is 19.1 Å². The monoisotopic (exact) mass is 424 g/mol. The zero-order valence-corrected chi connectivity index (χ0v) is 21.0. The average Bonchev–Trinajstić information content (AvgIpc) is 2.59. The SMILES string of the molecule is CC(C)CC(C)(C)CCOC(=O)C1CCC(C(=O)OCCC(C)(C)CC(C)C)CC1. The first-order valence-electron chi connectivity index (χ1n) is 12.1. The Morgan fingerprint density at radius 3 is 1.27 bits per heavy atom. The summed E-state index contributed by atoms with van der Waals surface area (Å²) in [5.41, 5.74) is 0.388. The first kappa shape index (κ1) is 27.0. The molecule has 0 heterocycles. The van der Waals surface area contributed by atoms with Gasteiger partial charge in [-0.3, -0.25) is 9.59 Å². The summed E-state index contributed by atoms with van der Waals surface area (Å²) in [4.78, 5) is 24.8. The molecule has 0 saturated heterocycles. The Bertz CT molecular complexity index is 477. The molecule has 1 aliphatic rings.